The zero-order valence-electron chi connectivity index (χ0n) is 11.7. The van der Waals surface area contributed by atoms with Crippen LogP contribution in [0.4, 0.5) is 8.78 Å². The Morgan fingerprint density at radius 3 is 2.79 bits per heavy atom. The van der Waals surface area contributed by atoms with Crippen molar-refractivity contribution in [2.75, 3.05) is 0 Å². The lowest BCUT2D eigenvalue weighted by molar-refractivity contribution is -0.0143. The third-order valence-electron chi connectivity index (χ3n) is 3.93. The molecule has 1 unspecified atom stereocenters. The first-order valence-corrected chi connectivity index (χ1v) is 7.01. The maximum absolute atomic E-state index is 13.3. The molecule has 0 bridgehead atoms. The van der Waals surface area contributed by atoms with Crippen molar-refractivity contribution >= 4 is 0 Å². The first-order chi connectivity index (χ1) is 8.96. The highest BCUT2D eigenvalue weighted by Gasteiger charge is 2.32. The van der Waals surface area contributed by atoms with Crippen molar-refractivity contribution in [1.82, 2.24) is 10.3 Å². The average Bonchev–Trinajstić information content (AvgIpc) is 2.52. The highest BCUT2D eigenvalue weighted by atomic mass is 19.3. The van der Waals surface area contributed by atoms with E-state index in [0.29, 0.717) is 19.4 Å². The summed E-state index contributed by atoms with van der Waals surface area (Å²) in [5.74, 6) is -2.46. The van der Waals surface area contributed by atoms with E-state index >= 15 is 0 Å². The Labute approximate surface area is 113 Å². The lowest BCUT2D eigenvalue weighted by Crippen LogP contribution is -2.28. The van der Waals surface area contributed by atoms with Crippen molar-refractivity contribution in [3.63, 3.8) is 0 Å². The molecule has 0 amide bonds. The Kier molecular flexibility index (Phi) is 4.50. The molecule has 1 saturated carbocycles. The van der Waals surface area contributed by atoms with Crippen molar-refractivity contribution in [3.8, 4) is 0 Å². The van der Waals surface area contributed by atoms with Gasteiger partial charge in [-0.2, -0.15) is 0 Å². The Morgan fingerprint density at radius 1 is 1.26 bits per heavy atom. The van der Waals surface area contributed by atoms with Crippen LogP contribution in [0.5, 0.6) is 0 Å². The maximum Gasteiger partial charge on any atom is 0.248 e. The number of nitrogens with one attached hydrogen (secondary N) is 1. The van der Waals surface area contributed by atoms with Crippen molar-refractivity contribution in [3.05, 3.63) is 29.1 Å². The summed E-state index contributed by atoms with van der Waals surface area (Å²) in [6, 6.07) is 4.25. The molecule has 0 radical (unpaired) electrons. The molecule has 1 aliphatic rings. The van der Waals surface area contributed by atoms with Gasteiger partial charge in [0.25, 0.3) is 0 Å². The highest BCUT2D eigenvalue weighted by molar-refractivity contribution is 5.20. The second-order valence-corrected chi connectivity index (χ2v) is 5.57. The summed E-state index contributed by atoms with van der Waals surface area (Å²) < 4.78 is 26.5. The van der Waals surface area contributed by atoms with E-state index in [1.807, 2.05) is 19.9 Å². The third-order valence-corrected chi connectivity index (χ3v) is 3.93. The Morgan fingerprint density at radius 2 is 2.05 bits per heavy atom. The molecule has 1 atom stereocenters. The fourth-order valence-electron chi connectivity index (χ4n) is 2.50. The average molecular weight is 268 g/mol. The molecule has 1 aromatic rings. The van der Waals surface area contributed by atoms with E-state index in [0.717, 1.165) is 17.8 Å². The van der Waals surface area contributed by atoms with Crippen molar-refractivity contribution in [2.45, 2.75) is 64.5 Å². The normalized spacial score (nSPS) is 23.1. The molecular weight excluding hydrogens is 246 g/mol. The van der Waals surface area contributed by atoms with Gasteiger partial charge in [0.15, 0.2) is 0 Å². The van der Waals surface area contributed by atoms with Crippen LogP contribution in [-0.2, 0) is 6.54 Å². The minimum absolute atomic E-state index is 0.00498. The number of aryl methyl sites for hydroxylation is 2. The van der Waals surface area contributed by atoms with E-state index in [-0.39, 0.29) is 18.9 Å². The zero-order valence-corrected chi connectivity index (χ0v) is 11.7. The quantitative estimate of drug-likeness (QED) is 0.844. The number of hydrogen-bond acceptors (Lipinski definition) is 2. The predicted octanol–water partition coefficient (Wildman–Crippen LogP) is 3.76. The largest absolute Gasteiger partial charge is 0.308 e. The fourth-order valence-corrected chi connectivity index (χ4v) is 2.50. The van der Waals surface area contributed by atoms with Crippen LogP contribution in [0, 0.1) is 13.8 Å². The van der Waals surface area contributed by atoms with Gasteiger partial charge in [-0.25, -0.2) is 8.78 Å². The topological polar surface area (TPSA) is 24.9 Å². The van der Waals surface area contributed by atoms with E-state index < -0.39 is 5.92 Å². The van der Waals surface area contributed by atoms with Gasteiger partial charge in [-0.05, 0) is 44.7 Å². The fraction of sp³-hybridized carbons (Fsp3) is 0.667. The molecule has 1 N–H and O–H groups in total. The summed E-state index contributed by atoms with van der Waals surface area (Å²) in [5.41, 5.74) is 3.20. The molecule has 19 heavy (non-hydrogen) atoms. The number of hydrogen-bond donors (Lipinski definition) is 1. The van der Waals surface area contributed by atoms with Gasteiger partial charge in [0, 0.05) is 31.1 Å². The van der Waals surface area contributed by atoms with Crippen molar-refractivity contribution in [1.29, 1.82) is 0 Å². The molecule has 0 aliphatic heterocycles. The Balaban J connectivity index is 1.86. The van der Waals surface area contributed by atoms with Crippen LogP contribution >= 0.6 is 0 Å². The number of aromatic nitrogens is 1. The summed E-state index contributed by atoms with van der Waals surface area (Å²) in [5, 5.41) is 3.37. The van der Waals surface area contributed by atoms with Crippen LogP contribution in [0.15, 0.2) is 12.1 Å². The van der Waals surface area contributed by atoms with E-state index in [1.165, 1.54) is 5.56 Å². The van der Waals surface area contributed by atoms with Crippen LogP contribution in [0.1, 0.15) is 49.1 Å². The van der Waals surface area contributed by atoms with E-state index in [9.17, 15) is 8.78 Å². The van der Waals surface area contributed by atoms with E-state index in [1.54, 1.807) is 0 Å². The standard InChI is InChI=1S/C15H22F2N2/c1-11-5-6-14(19-12(11)2)10-18-13-4-3-8-15(16,17)9-7-13/h5-6,13,18H,3-4,7-10H2,1-2H3. The molecule has 0 spiro atoms. The highest BCUT2D eigenvalue weighted by Crippen LogP contribution is 2.31. The number of rotatable bonds is 3. The van der Waals surface area contributed by atoms with Gasteiger partial charge in [-0.1, -0.05) is 6.07 Å². The molecule has 2 rings (SSSR count). The molecule has 2 nitrogen and oxygen atoms in total. The summed E-state index contributed by atoms with van der Waals surface area (Å²) in [7, 11) is 0. The first kappa shape index (κ1) is 14.4. The van der Waals surface area contributed by atoms with Crippen LogP contribution in [0.2, 0.25) is 0 Å². The van der Waals surface area contributed by atoms with Gasteiger partial charge in [-0.3, -0.25) is 4.98 Å². The second kappa shape index (κ2) is 5.95. The number of alkyl halides is 2. The molecular formula is C15H22F2N2. The number of pyridine rings is 1. The smallest absolute Gasteiger partial charge is 0.248 e. The Bertz CT molecular complexity index is 432. The molecule has 4 heteroatoms. The Hall–Kier alpha value is -1.03. The van der Waals surface area contributed by atoms with Crippen LogP contribution in [0.3, 0.4) is 0 Å². The summed E-state index contributed by atoms with van der Waals surface area (Å²) in [4.78, 5) is 4.50. The monoisotopic (exact) mass is 268 g/mol. The van der Waals surface area contributed by atoms with Crippen molar-refractivity contribution in [2.24, 2.45) is 0 Å². The number of nitrogens with zero attached hydrogens (tertiary/aromatic N) is 1. The first-order valence-electron chi connectivity index (χ1n) is 7.01. The zero-order chi connectivity index (χ0) is 13.9. The third kappa shape index (κ3) is 4.23. The molecule has 1 heterocycles. The number of halogens is 2. The molecule has 0 aromatic carbocycles. The predicted molar refractivity (Wildman–Crippen MR) is 72.4 cm³/mol. The van der Waals surface area contributed by atoms with Gasteiger partial charge >= 0.3 is 0 Å². The van der Waals surface area contributed by atoms with Crippen molar-refractivity contribution < 1.29 is 8.78 Å². The van der Waals surface area contributed by atoms with Crippen LogP contribution in [-0.4, -0.2) is 16.9 Å². The van der Waals surface area contributed by atoms with E-state index in [2.05, 4.69) is 16.4 Å². The van der Waals surface area contributed by atoms with Crippen LogP contribution < -0.4 is 5.32 Å². The van der Waals surface area contributed by atoms with Gasteiger partial charge in [0.1, 0.15) is 0 Å². The minimum Gasteiger partial charge on any atom is -0.308 e. The minimum atomic E-state index is -2.46. The van der Waals surface area contributed by atoms with Gasteiger partial charge in [-0.15, -0.1) is 0 Å². The molecule has 1 aliphatic carbocycles. The molecule has 1 aromatic heterocycles. The van der Waals surface area contributed by atoms with Crippen LogP contribution in [0.25, 0.3) is 0 Å². The molecule has 0 saturated heterocycles. The second-order valence-electron chi connectivity index (χ2n) is 5.57. The SMILES string of the molecule is Cc1ccc(CNC2CCCC(F)(F)CC2)nc1C. The molecule has 1 fully saturated rings. The summed E-state index contributed by atoms with van der Waals surface area (Å²) in [6.07, 6.45) is 2.03. The lowest BCUT2D eigenvalue weighted by Gasteiger charge is -2.16. The van der Waals surface area contributed by atoms with E-state index in [4.69, 9.17) is 0 Å². The molecule has 106 valence electrons. The lowest BCUT2D eigenvalue weighted by atomic mass is 10.1. The maximum atomic E-state index is 13.3. The summed E-state index contributed by atoms with van der Waals surface area (Å²) >= 11 is 0. The summed E-state index contributed by atoms with van der Waals surface area (Å²) in [6.45, 7) is 4.69. The van der Waals surface area contributed by atoms with Gasteiger partial charge in [0.05, 0.1) is 5.69 Å². The van der Waals surface area contributed by atoms with Gasteiger partial charge < -0.3 is 5.32 Å². The van der Waals surface area contributed by atoms with Gasteiger partial charge in [0.2, 0.25) is 5.92 Å².